The Hall–Kier alpha value is -1.57. The zero-order valence-electron chi connectivity index (χ0n) is 18.7. The summed E-state index contributed by atoms with van der Waals surface area (Å²) in [4.78, 5) is 13.3. The van der Waals surface area contributed by atoms with Crippen LogP contribution >= 0.6 is 23.1 Å². The number of aromatic nitrogens is 1. The predicted octanol–water partition coefficient (Wildman–Crippen LogP) is 4.45. The molecule has 30 heavy (non-hydrogen) atoms. The van der Waals surface area contributed by atoms with Crippen molar-refractivity contribution in [3.63, 3.8) is 0 Å². The third kappa shape index (κ3) is 7.00. The van der Waals surface area contributed by atoms with E-state index in [2.05, 4.69) is 71.1 Å². The molecule has 1 aliphatic heterocycles. The van der Waals surface area contributed by atoms with E-state index in [1.54, 1.807) is 23.1 Å². The van der Waals surface area contributed by atoms with Crippen molar-refractivity contribution in [2.75, 3.05) is 32.4 Å². The lowest BCUT2D eigenvalue weighted by Gasteiger charge is -2.31. The SMILES string of the molecule is CCNC(=NCc1ccc(C)cc1SC)NCC1CCN(Cc2csc(C)n2)CC1. The lowest BCUT2D eigenvalue weighted by Crippen LogP contribution is -2.42. The molecule has 0 aliphatic carbocycles. The second-order valence-electron chi connectivity index (χ2n) is 7.97. The van der Waals surface area contributed by atoms with Crippen LogP contribution in [0.15, 0.2) is 33.5 Å². The fourth-order valence-corrected chi connectivity index (χ4v) is 5.09. The van der Waals surface area contributed by atoms with Gasteiger partial charge >= 0.3 is 0 Å². The van der Waals surface area contributed by atoms with Gasteiger partial charge in [-0.15, -0.1) is 23.1 Å². The number of aliphatic imine (C=N–C) groups is 1. The predicted molar refractivity (Wildman–Crippen MR) is 131 cm³/mol. The van der Waals surface area contributed by atoms with E-state index in [-0.39, 0.29) is 0 Å². The van der Waals surface area contributed by atoms with Crippen molar-refractivity contribution in [3.8, 4) is 0 Å². The van der Waals surface area contributed by atoms with Gasteiger partial charge in [0.05, 0.1) is 17.2 Å². The first-order chi connectivity index (χ1) is 14.6. The highest BCUT2D eigenvalue weighted by Gasteiger charge is 2.20. The first-order valence-corrected chi connectivity index (χ1v) is 13.0. The van der Waals surface area contributed by atoms with Crippen LogP contribution < -0.4 is 10.6 Å². The van der Waals surface area contributed by atoms with Crippen molar-refractivity contribution in [2.45, 2.75) is 51.6 Å². The number of nitrogens with zero attached hydrogens (tertiary/aromatic N) is 3. The van der Waals surface area contributed by atoms with Gasteiger partial charge in [0.2, 0.25) is 0 Å². The molecule has 0 spiro atoms. The van der Waals surface area contributed by atoms with Crippen LogP contribution in [0.2, 0.25) is 0 Å². The van der Waals surface area contributed by atoms with Crippen molar-refractivity contribution in [3.05, 3.63) is 45.4 Å². The molecule has 7 heteroatoms. The number of aryl methyl sites for hydroxylation is 2. The van der Waals surface area contributed by atoms with E-state index in [1.165, 1.54) is 34.6 Å². The molecule has 0 radical (unpaired) electrons. The minimum atomic E-state index is 0.698. The van der Waals surface area contributed by atoms with Gasteiger partial charge in [-0.1, -0.05) is 12.1 Å². The molecule has 0 bridgehead atoms. The number of rotatable bonds is 8. The van der Waals surface area contributed by atoms with Crippen LogP contribution in [-0.2, 0) is 13.1 Å². The molecule has 1 fully saturated rings. The fourth-order valence-electron chi connectivity index (χ4n) is 3.79. The standard InChI is InChI=1S/C23H35N5S2/c1-5-24-23(26-14-20-7-6-17(2)12-22(20)29-4)25-13-19-8-10-28(11-9-19)15-21-16-30-18(3)27-21/h6-7,12,16,19H,5,8-11,13-15H2,1-4H3,(H2,24,25,26). The van der Waals surface area contributed by atoms with Gasteiger partial charge in [0, 0.05) is 29.9 Å². The lowest BCUT2D eigenvalue weighted by molar-refractivity contribution is 0.176. The summed E-state index contributed by atoms with van der Waals surface area (Å²) in [7, 11) is 0. The summed E-state index contributed by atoms with van der Waals surface area (Å²) in [5.41, 5.74) is 3.81. The molecule has 2 heterocycles. The van der Waals surface area contributed by atoms with Crippen LogP contribution in [0.25, 0.3) is 0 Å². The Morgan fingerprint density at radius 1 is 1.27 bits per heavy atom. The number of thioether (sulfide) groups is 1. The van der Waals surface area contributed by atoms with E-state index in [0.29, 0.717) is 12.5 Å². The zero-order valence-corrected chi connectivity index (χ0v) is 20.3. The number of benzene rings is 1. The largest absolute Gasteiger partial charge is 0.357 e. The van der Waals surface area contributed by atoms with Gasteiger partial charge in [-0.3, -0.25) is 4.90 Å². The van der Waals surface area contributed by atoms with Gasteiger partial charge in [0.1, 0.15) is 0 Å². The number of piperidine rings is 1. The monoisotopic (exact) mass is 445 g/mol. The van der Waals surface area contributed by atoms with E-state index < -0.39 is 0 Å². The number of thiazole rings is 1. The van der Waals surface area contributed by atoms with E-state index in [0.717, 1.165) is 43.7 Å². The summed E-state index contributed by atoms with van der Waals surface area (Å²) in [6.07, 6.45) is 4.58. The highest BCUT2D eigenvalue weighted by Crippen LogP contribution is 2.23. The summed E-state index contributed by atoms with van der Waals surface area (Å²) < 4.78 is 0. The molecule has 5 nitrogen and oxygen atoms in total. The second kappa shape index (κ2) is 11.7. The Morgan fingerprint density at radius 2 is 2.07 bits per heavy atom. The van der Waals surface area contributed by atoms with Gasteiger partial charge in [-0.05, 0) is 76.1 Å². The van der Waals surface area contributed by atoms with E-state index in [1.807, 2.05) is 0 Å². The molecule has 2 aromatic rings. The Labute approximate surface area is 189 Å². The van der Waals surface area contributed by atoms with Crippen molar-refractivity contribution < 1.29 is 0 Å². The van der Waals surface area contributed by atoms with Gasteiger partial charge in [0.15, 0.2) is 5.96 Å². The molecule has 1 aliphatic rings. The number of hydrogen-bond donors (Lipinski definition) is 2. The van der Waals surface area contributed by atoms with E-state index in [9.17, 15) is 0 Å². The normalized spacial score (nSPS) is 16.1. The summed E-state index contributed by atoms with van der Waals surface area (Å²) in [6.45, 7) is 12.2. The molecule has 1 aromatic heterocycles. The molecule has 0 unspecified atom stereocenters. The average molecular weight is 446 g/mol. The molecule has 3 rings (SSSR count). The molecule has 0 saturated carbocycles. The Kier molecular flexibility index (Phi) is 9.03. The number of nitrogens with one attached hydrogen (secondary N) is 2. The number of likely N-dealkylation sites (tertiary alicyclic amines) is 1. The molecule has 1 aromatic carbocycles. The first-order valence-electron chi connectivity index (χ1n) is 10.9. The molecule has 1 saturated heterocycles. The minimum absolute atomic E-state index is 0.698. The van der Waals surface area contributed by atoms with Gasteiger partial charge in [-0.2, -0.15) is 0 Å². The van der Waals surface area contributed by atoms with Crippen LogP contribution in [0.4, 0.5) is 0 Å². The van der Waals surface area contributed by atoms with E-state index in [4.69, 9.17) is 4.99 Å². The lowest BCUT2D eigenvalue weighted by atomic mass is 9.97. The van der Waals surface area contributed by atoms with Crippen molar-refractivity contribution in [1.82, 2.24) is 20.5 Å². The van der Waals surface area contributed by atoms with Crippen molar-refractivity contribution in [1.29, 1.82) is 0 Å². The third-order valence-corrected chi connectivity index (χ3v) is 7.15. The third-order valence-electron chi connectivity index (χ3n) is 5.51. The summed E-state index contributed by atoms with van der Waals surface area (Å²) in [5.74, 6) is 1.62. The Bertz CT molecular complexity index is 825. The maximum absolute atomic E-state index is 4.84. The van der Waals surface area contributed by atoms with Crippen LogP contribution in [0.5, 0.6) is 0 Å². The fraction of sp³-hybridized carbons (Fsp3) is 0.565. The highest BCUT2D eigenvalue weighted by atomic mass is 32.2. The molecule has 2 N–H and O–H groups in total. The average Bonchev–Trinajstić information content (AvgIpc) is 3.16. The van der Waals surface area contributed by atoms with Crippen LogP contribution in [-0.4, -0.2) is 48.3 Å². The molecule has 0 atom stereocenters. The summed E-state index contributed by atoms with van der Waals surface area (Å²) >= 11 is 3.54. The molecule has 164 valence electrons. The molecular formula is C23H35N5S2. The van der Waals surface area contributed by atoms with Crippen LogP contribution in [0.3, 0.4) is 0 Å². The maximum Gasteiger partial charge on any atom is 0.191 e. The highest BCUT2D eigenvalue weighted by molar-refractivity contribution is 7.98. The number of hydrogen-bond acceptors (Lipinski definition) is 5. The molecular weight excluding hydrogens is 410 g/mol. The second-order valence-corrected chi connectivity index (χ2v) is 9.88. The number of guanidine groups is 1. The van der Waals surface area contributed by atoms with Gasteiger partial charge in [0.25, 0.3) is 0 Å². The summed E-state index contributed by atoms with van der Waals surface area (Å²) in [6, 6.07) is 6.62. The smallest absolute Gasteiger partial charge is 0.191 e. The van der Waals surface area contributed by atoms with Crippen LogP contribution in [0.1, 0.15) is 41.6 Å². The zero-order chi connectivity index (χ0) is 21.3. The minimum Gasteiger partial charge on any atom is -0.357 e. The summed E-state index contributed by atoms with van der Waals surface area (Å²) in [5, 5.41) is 10.3. The maximum atomic E-state index is 4.84. The van der Waals surface area contributed by atoms with Crippen molar-refractivity contribution >= 4 is 29.1 Å². The Balaban J connectivity index is 1.47. The van der Waals surface area contributed by atoms with Gasteiger partial charge < -0.3 is 10.6 Å². The van der Waals surface area contributed by atoms with E-state index >= 15 is 0 Å². The van der Waals surface area contributed by atoms with Gasteiger partial charge in [-0.25, -0.2) is 9.98 Å². The molecule has 0 amide bonds. The first kappa shape index (κ1) is 23.1. The quantitative estimate of drug-likeness (QED) is 0.357. The van der Waals surface area contributed by atoms with Crippen molar-refractivity contribution in [2.24, 2.45) is 10.9 Å². The topological polar surface area (TPSA) is 52.6 Å². The van der Waals surface area contributed by atoms with Crippen LogP contribution in [0, 0.1) is 19.8 Å². The Morgan fingerprint density at radius 3 is 2.73 bits per heavy atom.